The lowest BCUT2D eigenvalue weighted by molar-refractivity contribution is 0.154. The van der Waals surface area contributed by atoms with E-state index in [0.717, 1.165) is 12.5 Å². The molecule has 0 amide bonds. The van der Waals surface area contributed by atoms with Crippen molar-refractivity contribution < 1.29 is 4.74 Å². The van der Waals surface area contributed by atoms with Crippen LogP contribution in [0.4, 0.5) is 0 Å². The van der Waals surface area contributed by atoms with Gasteiger partial charge in [0.05, 0.1) is 12.6 Å². The Balaban J connectivity index is 1.96. The van der Waals surface area contributed by atoms with Crippen molar-refractivity contribution in [3.63, 3.8) is 0 Å². The summed E-state index contributed by atoms with van der Waals surface area (Å²) in [6.45, 7) is 3.09. The van der Waals surface area contributed by atoms with Gasteiger partial charge in [-0.2, -0.15) is 0 Å². The minimum atomic E-state index is 0.305. The van der Waals surface area contributed by atoms with Gasteiger partial charge in [-0.1, -0.05) is 56.0 Å². The monoisotopic (exact) mass is 275 g/mol. The molecule has 2 heteroatoms. The molecule has 20 heavy (non-hydrogen) atoms. The van der Waals surface area contributed by atoms with Crippen molar-refractivity contribution in [2.75, 3.05) is 13.7 Å². The van der Waals surface area contributed by atoms with E-state index in [1.165, 1.54) is 44.1 Å². The van der Waals surface area contributed by atoms with E-state index >= 15 is 0 Å². The standard InChI is InChI=1S/C18H29NO/c1-15(16-10-6-3-4-7-11-16)19-18(14-20-2)17-12-8-5-9-13-17/h5,8-9,12-13,15-16,18-19H,3-4,6-7,10-11,14H2,1-2H3/t15-,18?/m0/s1. The maximum absolute atomic E-state index is 5.41. The SMILES string of the molecule is COCC(N[C@@H](C)C1CCCCCC1)c1ccccc1. The lowest BCUT2D eigenvalue weighted by atomic mass is 9.92. The second kappa shape index (κ2) is 8.43. The average molecular weight is 275 g/mol. The summed E-state index contributed by atoms with van der Waals surface area (Å²) in [7, 11) is 1.79. The molecule has 0 aromatic heterocycles. The van der Waals surface area contributed by atoms with Gasteiger partial charge in [0.2, 0.25) is 0 Å². The van der Waals surface area contributed by atoms with Crippen molar-refractivity contribution in [3.05, 3.63) is 35.9 Å². The largest absolute Gasteiger partial charge is 0.383 e. The Hall–Kier alpha value is -0.860. The third kappa shape index (κ3) is 4.60. The molecule has 1 unspecified atom stereocenters. The predicted molar refractivity (Wildman–Crippen MR) is 84.8 cm³/mol. The first-order valence-electron chi connectivity index (χ1n) is 8.11. The van der Waals surface area contributed by atoms with Gasteiger partial charge >= 0.3 is 0 Å². The maximum Gasteiger partial charge on any atom is 0.0657 e. The average Bonchev–Trinajstić information content (AvgIpc) is 2.77. The first-order chi connectivity index (χ1) is 9.81. The van der Waals surface area contributed by atoms with Crippen LogP contribution in [-0.2, 0) is 4.74 Å². The number of rotatable bonds is 6. The van der Waals surface area contributed by atoms with Crippen LogP contribution in [0.3, 0.4) is 0 Å². The Morgan fingerprint density at radius 1 is 1.10 bits per heavy atom. The number of ether oxygens (including phenoxy) is 1. The normalized spacial score (nSPS) is 20.3. The van der Waals surface area contributed by atoms with E-state index in [1.807, 2.05) is 0 Å². The molecule has 0 bridgehead atoms. The van der Waals surface area contributed by atoms with Gasteiger partial charge in [0.25, 0.3) is 0 Å². The quantitative estimate of drug-likeness (QED) is 0.781. The van der Waals surface area contributed by atoms with Crippen LogP contribution >= 0.6 is 0 Å². The molecule has 1 fully saturated rings. The highest BCUT2D eigenvalue weighted by Gasteiger charge is 2.22. The zero-order valence-corrected chi connectivity index (χ0v) is 13.0. The maximum atomic E-state index is 5.41. The van der Waals surface area contributed by atoms with Gasteiger partial charge in [0.15, 0.2) is 0 Å². The van der Waals surface area contributed by atoms with Crippen molar-refractivity contribution in [1.29, 1.82) is 0 Å². The predicted octanol–water partition coefficient (Wildman–Crippen LogP) is 4.32. The van der Waals surface area contributed by atoms with Gasteiger partial charge in [-0.05, 0) is 31.2 Å². The molecule has 1 aliphatic carbocycles. The number of hydrogen-bond acceptors (Lipinski definition) is 2. The first kappa shape index (κ1) is 15.5. The molecule has 2 nitrogen and oxygen atoms in total. The van der Waals surface area contributed by atoms with Gasteiger partial charge in [0, 0.05) is 13.2 Å². The molecule has 1 aliphatic rings. The lowest BCUT2D eigenvalue weighted by Crippen LogP contribution is -2.38. The molecule has 2 rings (SSSR count). The first-order valence-corrected chi connectivity index (χ1v) is 8.11. The Morgan fingerprint density at radius 3 is 2.35 bits per heavy atom. The molecule has 0 radical (unpaired) electrons. The fourth-order valence-corrected chi connectivity index (χ4v) is 3.36. The Morgan fingerprint density at radius 2 is 1.75 bits per heavy atom. The van der Waals surface area contributed by atoms with Crippen molar-refractivity contribution in [3.8, 4) is 0 Å². The smallest absolute Gasteiger partial charge is 0.0657 e. The number of nitrogens with one attached hydrogen (secondary N) is 1. The summed E-state index contributed by atoms with van der Waals surface area (Å²) in [5.41, 5.74) is 1.33. The van der Waals surface area contributed by atoms with E-state index in [1.54, 1.807) is 7.11 Å². The molecule has 0 spiro atoms. The molecule has 0 saturated heterocycles. The van der Waals surface area contributed by atoms with Crippen LogP contribution in [0.2, 0.25) is 0 Å². The summed E-state index contributed by atoms with van der Waals surface area (Å²) in [6, 6.07) is 11.5. The van der Waals surface area contributed by atoms with Crippen LogP contribution in [0.15, 0.2) is 30.3 Å². The van der Waals surface area contributed by atoms with E-state index in [4.69, 9.17) is 4.74 Å². The third-order valence-corrected chi connectivity index (χ3v) is 4.61. The van der Waals surface area contributed by atoms with Crippen molar-refractivity contribution >= 4 is 0 Å². The van der Waals surface area contributed by atoms with Gasteiger partial charge in [0.1, 0.15) is 0 Å². The molecular formula is C18H29NO. The molecule has 1 saturated carbocycles. The molecule has 0 heterocycles. The van der Waals surface area contributed by atoms with Crippen molar-refractivity contribution in [2.24, 2.45) is 5.92 Å². The molecular weight excluding hydrogens is 246 g/mol. The zero-order chi connectivity index (χ0) is 14.2. The van der Waals surface area contributed by atoms with Gasteiger partial charge < -0.3 is 10.1 Å². The summed E-state index contributed by atoms with van der Waals surface area (Å²) >= 11 is 0. The fourth-order valence-electron chi connectivity index (χ4n) is 3.36. The molecule has 1 N–H and O–H groups in total. The molecule has 1 aromatic rings. The second-order valence-corrected chi connectivity index (χ2v) is 6.13. The van der Waals surface area contributed by atoms with Crippen LogP contribution in [0, 0.1) is 5.92 Å². The second-order valence-electron chi connectivity index (χ2n) is 6.13. The molecule has 0 aliphatic heterocycles. The van der Waals surface area contributed by atoms with E-state index in [-0.39, 0.29) is 0 Å². The summed E-state index contributed by atoms with van der Waals surface area (Å²) in [6.07, 6.45) is 8.39. The minimum Gasteiger partial charge on any atom is -0.383 e. The summed E-state index contributed by atoms with van der Waals surface area (Å²) in [4.78, 5) is 0. The highest BCUT2D eigenvalue weighted by molar-refractivity contribution is 5.19. The Kier molecular flexibility index (Phi) is 6.55. The Labute approximate surface area is 123 Å². The van der Waals surface area contributed by atoms with Crippen LogP contribution < -0.4 is 5.32 Å². The number of benzene rings is 1. The van der Waals surface area contributed by atoms with Crippen LogP contribution in [0.5, 0.6) is 0 Å². The third-order valence-electron chi connectivity index (χ3n) is 4.61. The van der Waals surface area contributed by atoms with Gasteiger partial charge in [-0.25, -0.2) is 0 Å². The van der Waals surface area contributed by atoms with Gasteiger partial charge in [-0.3, -0.25) is 0 Å². The van der Waals surface area contributed by atoms with E-state index in [0.29, 0.717) is 12.1 Å². The van der Waals surface area contributed by atoms with E-state index in [9.17, 15) is 0 Å². The number of methoxy groups -OCH3 is 1. The topological polar surface area (TPSA) is 21.3 Å². The summed E-state index contributed by atoms with van der Waals surface area (Å²) in [5, 5.41) is 3.81. The van der Waals surface area contributed by atoms with E-state index < -0.39 is 0 Å². The Bertz CT molecular complexity index is 357. The van der Waals surface area contributed by atoms with Gasteiger partial charge in [-0.15, -0.1) is 0 Å². The molecule has 1 aromatic carbocycles. The summed E-state index contributed by atoms with van der Waals surface area (Å²) < 4.78 is 5.41. The van der Waals surface area contributed by atoms with Crippen molar-refractivity contribution in [1.82, 2.24) is 5.32 Å². The minimum absolute atomic E-state index is 0.305. The lowest BCUT2D eigenvalue weighted by Gasteiger charge is -2.29. The molecule has 112 valence electrons. The number of hydrogen-bond donors (Lipinski definition) is 1. The highest BCUT2D eigenvalue weighted by Crippen LogP contribution is 2.27. The van der Waals surface area contributed by atoms with Crippen LogP contribution in [0.1, 0.15) is 57.1 Å². The fraction of sp³-hybridized carbons (Fsp3) is 0.667. The zero-order valence-electron chi connectivity index (χ0n) is 13.0. The van der Waals surface area contributed by atoms with Crippen LogP contribution in [-0.4, -0.2) is 19.8 Å². The van der Waals surface area contributed by atoms with Crippen LogP contribution in [0.25, 0.3) is 0 Å². The highest BCUT2D eigenvalue weighted by atomic mass is 16.5. The van der Waals surface area contributed by atoms with Crippen molar-refractivity contribution in [2.45, 2.75) is 57.5 Å². The summed E-state index contributed by atoms with van der Waals surface area (Å²) in [5.74, 6) is 0.820. The van der Waals surface area contributed by atoms with E-state index in [2.05, 4.69) is 42.6 Å². The molecule has 2 atom stereocenters.